The average molecular weight is 279 g/mol. The highest BCUT2D eigenvalue weighted by molar-refractivity contribution is 6.70. The van der Waals surface area contributed by atoms with Gasteiger partial charge in [-0.05, 0) is 56.1 Å². The molecule has 0 aliphatic heterocycles. The molecule has 0 aromatic heterocycles. The van der Waals surface area contributed by atoms with Crippen LogP contribution in [-0.2, 0) is 0 Å². The Morgan fingerprint density at radius 3 is 2.21 bits per heavy atom. The number of aliphatic hydroxyl groups is 1. The van der Waals surface area contributed by atoms with Gasteiger partial charge in [-0.2, -0.15) is 0 Å². The molecule has 2 rings (SSSR count). The maximum atomic E-state index is 10.2. The van der Waals surface area contributed by atoms with Crippen LogP contribution >= 0.6 is 0 Å². The van der Waals surface area contributed by atoms with Crippen LogP contribution < -0.4 is 10.2 Å². The van der Waals surface area contributed by atoms with E-state index in [4.69, 9.17) is 10.2 Å². The molecule has 3 N–H and O–H groups in total. The lowest BCUT2D eigenvalue weighted by molar-refractivity contribution is 0.0413. The Balaban J connectivity index is 2.01. The molecule has 1 aliphatic carbocycles. The molecular formula is C15H25NO2Si. The second-order valence-electron chi connectivity index (χ2n) is 6.49. The summed E-state index contributed by atoms with van der Waals surface area (Å²) in [7, 11) is -1.56. The van der Waals surface area contributed by atoms with Crippen LogP contribution in [0.1, 0.15) is 30.9 Å². The second-order valence-corrected chi connectivity index (χ2v) is 10.9. The highest BCUT2D eigenvalue weighted by atomic mass is 28.4. The molecule has 0 spiro atoms. The molecule has 0 radical (unpaired) electrons. The molecule has 19 heavy (non-hydrogen) atoms. The molecule has 106 valence electrons. The van der Waals surface area contributed by atoms with Crippen LogP contribution in [0.15, 0.2) is 24.3 Å². The topological polar surface area (TPSA) is 55.5 Å². The van der Waals surface area contributed by atoms with Crippen molar-refractivity contribution in [3.05, 3.63) is 29.8 Å². The van der Waals surface area contributed by atoms with Crippen molar-refractivity contribution in [2.45, 2.75) is 51.0 Å². The van der Waals surface area contributed by atoms with Crippen molar-refractivity contribution >= 4 is 8.32 Å². The average Bonchev–Trinajstić information content (AvgIpc) is 2.24. The molecule has 0 unspecified atom stereocenters. The van der Waals surface area contributed by atoms with Gasteiger partial charge in [-0.1, -0.05) is 18.6 Å². The van der Waals surface area contributed by atoms with Gasteiger partial charge in [-0.25, -0.2) is 0 Å². The largest absolute Gasteiger partial charge is 0.544 e. The first-order valence-corrected chi connectivity index (χ1v) is 10.5. The zero-order chi connectivity index (χ0) is 14.0. The standard InChI is InChI=1S/C15H25NO2Si/c1-19(2,3)18-13-9-7-11(8-10-13)14(16)15(17)12-5-4-6-12/h7-10,12,14-15,17H,4-6,16H2,1-3H3/t14-,15+/m0/s1. The second kappa shape index (κ2) is 5.65. The quantitative estimate of drug-likeness (QED) is 0.815. The first-order chi connectivity index (χ1) is 8.87. The Labute approximate surface area is 116 Å². The van der Waals surface area contributed by atoms with Gasteiger partial charge in [0.25, 0.3) is 0 Å². The van der Waals surface area contributed by atoms with Gasteiger partial charge in [0.1, 0.15) is 5.75 Å². The number of aliphatic hydroxyl groups excluding tert-OH is 1. The lowest BCUT2D eigenvalue weighted by Crippen LogP contribution is -2.36. The molecule has 3 nitrogen and oxygen atoms in total. The summed E-state index contributed by atoms with van der Waals surface area (Å²) in [6, 6.07) is 7.58. The Kier molecular flexibility index (Phi) is 4.33. The summed E-state index contributed by atoms with van der Waals surface area (Å²) in [5.41, 5.74) is 7.13. The van der Waals surface area contributed by atoms with Crippen molar-refractivity contribution in [2.24, 2.45) is 11.7 Å². The summed E-state index contributed by atoms with van der Waals surface area (Å²) in [5, 5.41) is 10.2. The molecule has 4 heteroatoms. The first-order valence-electron chi connectivity index (χ1n) is 7.09. The third-order valence-electron chi connectivity index (χ3n) is 3.69. The van der Waals surface area contributed by atoms with E-state index in [2.05, 4.69) is 19.6 Å². The minimum Gasteiger partial charge on any atom is -0.544 e. The Hall–Kier alpha value is -0.843. The SMILES string of the molecule is C[Si](C)(C)Oc1ccc([C@H](N)[C@H](O)C2CCC2)cc1. The summed E-state index contributed by atoms with van der Waals surface area (Å²) >= 11 is 0. The van der Waals surface area contributed by atoms with Crippen molar-refractivity contribution in [1.29, 1.82) is 0 Å². The smallest absolute Gasteiger partial charge is 0.242 e. The third-order valence-corrected chi connectivity index (χ3v) is 4.54. The van der Waals surface area contributed by atoms with E-state index in [0.717, 1.165) is 24.2 Å². The number of nitrogens with two attached hydrogens (primary N) is 1. The lowest BCUT2D eigenvalue weighted by atomic mass is 9.77. The predicted molar refractivity (Wildman–Crippen MR) is 80.7 cm³/mol. The van der Waals surface area contributed by atoms with E-state index in [9.17, 15) is 5.11 Å². The van der Waals surface area contributed by atoms with Crippen molar-refractivity contribution in [3.8, 4) is 5.75 Å². The van der Waals surface area contributed by atoms with Crippen LogP contribution in [-0.4, -0.2) is 19.5 Å². The van der Waals surface area contributed by atoms with Crippen LogP contribution in [0.2, 0.25) is 19.6 Å². The van der Waals surface area contributed by atoms with Gasteiger partial charge < -0.3 is 15.3 Å². The third kappa shape index (κ3) is 3.81. The van der Waals surface area contributed by atoms with Crippen LogP contribution in [0.5, 0.6) is 5.75 Å². The molecule has 1 aromatic rings. The maximum Gasteiger partial charge on any atom is 0.242 e. The van der Waals surface area contributed by atoms with E-state index >= 15 is 0 Å². The Morgan fingerprint density at radius 1 is 1.21 bits per heavy atom. The highest BCUT2D eigenvalue weighted by Gasteiger charge is 2.30. The molecule has 2 atom stereocenters. The van der Waals surface area contributed by atoms with Crippen molar-refractivity contribution < 1.29 is 9.53 Å². The van der Waals surface area contributed by atoms with E-state index in [-0.39, 0.29) is 6.04 Å². The minimum atomic E-state index is -1.56. The van der Waals surface area contributed by atoms with Gasteiger partial charge in [0.05, 0.1) is 12.1 Å². The Bertz CT molecular complexity index is 409. The van der Waals surface area contributed by atoms with Crippen LogP contribution in [0, 0.1) is 5.92 Å². The molecule has 1 fully saturated rings. The number of hydrogen-bond donors (Lipinski definition) is 2. The fourth-order valence-electron chi connectivity index (χ4n) is 2.38. The van der Waals surface area contributed by atoms with Gasteiger partial charge in [0.2, 0.25) is 8.32 Å². The van der Waals surface area contributed by atoms with Crippen molar-refractivity contribution in [2.75, 3.05) is 0 Å². The number of benzene rings is 1. The van der Waals surface area contributed by atoms with Gasteiger partial charge in [-0.3, -0.25) is 0 Å². The van der Waals surface area contributed by atoms with Gasteiger partial charge in [0.15, 0.2) is 0 Å². The summed E-state index contributed by atoms with van der Waals surface area (Å²) in [6.07, 6.45) is 3.01. The molecule has 0 heterocycles. The van der Waals surface area contributed by atoms with Gasteiger partial charge in [0, 0.05) is 0 Å². The number of hydrogen-bond acceptors (Lipinski definition) is 3. The number of rotatable bonds is 5. The minimum absolute atomic E-state index is 0.286. The molecule has 0 amide bonds. The molecular weight excluding hydrogens is 254 g/mol. The molecule has 1 aromatic carbocycles. The fraction of sp³-hybridized carbons (Fsp3) is 0.600. The zero-order valence-electron chi connectivity index (χ0n) is 12.1. The van der Waals surface area contributed by atoms with E-state index in [0.29, 0.717) is 5.92 Å². The predicted octanol–water partition coefficient (Wildman–Crippen LogP) is 3.06. The highest BCUT2D eigenvalue weighted by Crippen LogP contribution is 2.34. The van der Waals surface area contributed by atoms with Crippen LogP contribution in [0.3, 0.4) is 0 Å². The van der Waals surface area contributed by atoms with E-state index in [1.54, 1.807) is 0 Å². The van der Waals surface area contributed by atoms with Gasteiger partial charge in [-0.15, -0.1) is 0 Å². The van der Waals surface area contributed by atoms with E-state index < -0.39 is 14.4 Å². The molecule has 1 aliphatic rings. The molecule has 0 saturated heterocycles. The normalized spacial score (nSPS) is 19.6. The Morgan fingerprint density at radius 2 is 1.79 bits per heavy atom. The first kappa shape index (κ1) is 14.6. The lowest BCUT2D eigenvalue weighted by Gasteiger charge is -2.33. The van der Waals surface area contributed by atoms with Crippen molar-refractivity contribution in [1.82, 2.24) is 0 Å². The van der Waals surface area contributed by atoms with Crippen LogP contribution in [0.4, 0.5) is 0 Å². The summed E-state index contributed by atoms with van der Waals surface area (Å²) in [6.45, 7) is 6.48. The van der Waals surface area contributed by atoms with Crippen LogP contribution in [0.25, 0.3) is 0 Å². The van der Waals surface area contributed by atoms with Crippen molar-refractivity contribution in [3.63, 3.8) is 0 Å². The maximum absolute atomic E-state index is 10.2. The summed E-state index contributed by atoms with van der Waals surface area (Å²) in [4.78, 5) is 0. The van der Waals surface area contributed by atoms with Gasteiger partial charge >= 0.3 is 0 Å². The summed E-state index contributed by atoms with van der Waals surface area (Å²) < 4.78 is 5.91. The zero-order valence-corrected chi connectivity index (χ0v) is 13.1. The summed E-state index contributed by atoms with van der Waals surface area (Å²) in [5.74, 6) is 1.28. The monoisotopic (exact) mass is 279 g/mol. The fourth-order valence-corrected chi connectivity index (χ4v) is 3.23. The van der Waals surface area contributed by atoms with E-state index in [1.165, 1.54) is 6.42 Å². The van der Waals surface area contributed by atoms with E-state index in [1.807, 2.05) is 24.3 Å². The molecule has 0 bridgehead atoms. The molecule has 1 saturated carbocycles.